The molecule has 0 bridgehead atoms. The van der Waals surface area contributed by atoms with Crippen LogP contribution in [0.2, 0.25) is 0 Å². The van der Waals surface area contributed by atoms with Gasteiger partial charge >= 0.3 is 0 Å². The summed E-state index contributed by atoms with van der Waals surface area (Å²) >= 11 is 0. The minimum absolute atomic E-state index is 0.0455. The van der Waals surface area contributed by atoms with E-state index in [0.29, 0.717) is 28.0 Å². The van der Waals surface area contributed by atoms with E-state index < -0.39 is 60.4 Å². The van der Waals surface area contributed by atoms with Crippen LogP contribution in [0.5, 0.6) is 11.5 Å². The van der Waals surface area contributed by atoms with Crippen LogP contribution >= 0.6 is 0 Å². The van der Waals surface area contributed by atoms with Gasteiger partial charge in [-0.25, -0.2) is 0 Å². The van der Waals surface area contributed by atoms with Gasteiger partial charge in [-0.3, -0.25) is 14.0 Å². The molecule has 55 heavy (non-hydrogen) atoms. The maximum Gasteiger partial charge on any atom is 0.269 e. The van der Waals surface area contributed by atoms with E-state index in [4.69, 9.17) is 23.4 Å². The van der Waals surface area contributed by atoms with Gasteiger partial charge in [-0.05, 0) is 81.8 Å². The molecule has 0 aliphatic rings. The van der Waals surface area contributed by atoms with Crippen LogP contribution in [-0.4, -0.2) is 14.0 Å². The molecule has 5 heteroatoms. The summed E-state index contributed by atoms with van der Waals surface area (Å²) in [5.41, 5.74) is 6.22. The van der Waals surface area contributed by atoms with Gasteiger partial charge in [-0.15, -0.1) is 0 Å². The molecule has 0 unspecified atom stereocenters. The van der Waals surface area contributed by atoms with Crippen molar-refractivity contribution < 1.29 is 23.0 Å². The minimum atomic E-state index is -0.565. The molecule has 0 fully saturated rings. The molecule has 10 rings (SSSR count). The topological polar surface area (TPSA) is 35.3 Å². The summed E-state index contributed by atoms with van der Waals surface area (Å²) in [5.74, 6) is 1.12. The molecule has 0 atom stereocenters. The Morgan fingerprint density at radius 2 is 1.31 bits per heavy atom. The summed E-state index contributed by atoms with van der Waals surface area (Å²) < 4.78 is 98.1. The zero-order chi connectivity index (χ0) is 45.8. The van der Waals surface area contributed by atoms with E-state index in [2.05, 4.69) is 74.1 Å². The lowest BCUT2D eigenvalue weighted by molar-refractivity contribution is -0.597. The van der Waals surface area contributed by atoms with Crippen LogP contribution in [0.1, 0.15) is 40.0 Å². The van der Waals surface area contributed by atoms with Crippen molar-refractivity contribution in [2.24, 2.45) is 0 Å². The maximum absolute atomic E-state index is 8.90. The minimum Gasteiger partial charge on any atom is -0.458 e. The largest absolute Gasteiger partial charge is 0.458 e. The third-order valence-corrected chi connectivity index (χ3v) is 9.92. The van der Waals surface area contributed by atoms with Crippen molar-refractivity contribution in [3.8, 4) is 45.1 Å². The molecule has 264 valence electrons. The van der Waals surface area contributed by atoms with Crippen LogP contribution in [-0.2, 0) is 5.41 Å². The summed E-state index contributed by atoms with van der Waals surface area (Å²) in [6.07, 6.45) is 6.64. The first-order valence-electron chi connectivity index (χ1n) is 22.9. The van der Waals surface area contributed by atoms with Crippen LogP contribution in [0.3, 0.4) is 0 Å². The van der Waals surface area contributed by atoms with E-state index >= 15 is 0 Å². The Labute approximate surface area is 334 Å². The number of ether oxygens (including phenoxy) is 1. The molecule has 0 radical (unpaired) electrons. The number of benzene rings is 7. The Morgan fingerprint density at radius 1 is 0.655 bits per heavy atom. The van der Waals surface area contributed by atoms with E-state index in [1.54, 1.807) is 35.0 Å². The number of imidazole rings is 1. The number of fused-ring (bicyclic) bond motifs is 6. The Balaban J connectivity index is 1.14. The van der Waals surface area contributed by atoms with Crippen molar-refractivity contribution in [2.45, 2.75) is 26.2 Å². The second kappa shape index (κ2) is 12.9. The molecule has 3 aromatic heterocycles. The molecular weight excluding hydrogens is 673 g/mol. The number of rotatable bonds is 6. The molecule has 0 aliphatic carbocycles. The van der Waals surface area contributed by atoms with E-state index in [-0.39, 0.29) is 33.4 Å². The fourth-order valence-electron chi connectivity index (χ4n) is 7.29. The number of para-hydroxylation sites is 2. The third-order valence-electron chi connectivity index (χ3n) is 9.92. The average Bonchev–Trinajstić information content (AvgIpc) is 3.88. The Bertz CT molecular complexity index is 3500. The van der Waals surface area contributed by atoms with E-state index in [0.717, 1.165) is 27.5 Å². The number of hydrogen-bond donors (Lipinski definition) is 0. The van der Waals surface area contributed by atoms with Crippen LogP contribution in [0.4, 0.5) is 0 Å². The van der Waals surface area contributed by atoms with Crippen LogP contribution in [0, 0.1) is 6.33 Å². The molecule has 0 N–H and O–H groups in total. The molecule has 10 aromatic rings. The molecule has 0 saturated heterocycles. The normalized spacial score (nSPS) is 14.5. The lowest BCUT2D eigenvalue weighted by atomic mass is 9.87. The first-order valence-corrected chi connectivity index (χ1v) is 17.9. The Kier molecular flexibility index (Phi) is 5.52. The Hall–Kier alpha value is -6.98. The highest BCUT2D eigenvalue weighted by atomic mass is 16.5. The van der Waals surface area contributed by atoms with Gasteiger partial charge in [0.1, 0.15) is 11.5 Å². The number of hydrogen-bond acceptors (Lipinski definition) is 2. The highest BCUT2D eigenvalue weighted by Crippen LogP contribution is 2.37. The maximum atomic E-state index is 8.90. The predicted molar refractivity (Wildman–Crippen MR) is 223 cm³/mol. The van der Waals surface area contributed by atoms with E-state index in [1.807, 2.05) is 42.5 Å². The molecule has 0 saturated carbocycles. The molecule has 7 aromatic carbocycles. The molecule has 3 heterocycles. The van der Waals surface area contributed by atoms with E-state index in [9.17, 15) is 0 Å². The Morgan fingerprint density at radius 3 is 2.04 bits per heavy atom. The van der Waals surface area contributed by atoms with Crippen molar-refractivity contribution >= 4 is 38.4 Å². The SMILES string of the molecule is [2H]c1c([2H])c([2H])c(-c2cccc(-c3c([2H])c([2H])c([2H])c([2H])c3[2H])c2-[n+]2[c-]n3c(cnc4ccc(Oc5ccc6c7ccccc7n(-c7cccc(C(C)(C)C)c7)c6c5)cc43)c2)c([2H])c1[2H]. The van der Waals surface area contributed by atoms with Gasteiger partial charge in [0.25, 0.3) is 6.33 Å². The molecular formula is C50H38N4O. The zero-order valence-electron chi connectivity index (χ0n) is 40.2. The van der Waals surface area contributed by atoms with Gasteiger partial charge in [-0.2, -0.15) is 0 Å². The second-order valence-corrected chi connectivity index (χ2v) is 14.4. The first-order chi connectivity index (χ1) is 31.0. The summed E-state index contributed by atoms with van der Waals surface area (Å²) in [4.78, 5) is 4.71. The highest BCUT2D eigenvalue weighted by molar-refractivity contribution is 6.09. The van der Waals surface area contributed by atoms with Crippen molar-refractivity contribution in [1.29, 1.82) is 0 Å². The zero-order valence-corrected chi connectivity index (χ0v) is 30.2. The summed E-state index contributed by atoms with van der Waals surface area (Å²) in [5, 5.41) is 2.20. The van der Waals surface area contributed by atoms with Crippen LogP contribution in [0.15, 0.2) is 176 Å². The lowest BCUT2D eigenvalue weighted by Gasteiger charge is -2.20. The van der Waals surface area contributed by atoms with Gasteiger partial charge in [0.2, 0.25) is 0 Å². The van der Waals surface area contributed by atoms with Crippen molar-refractivity contribution in [1.82, 2.24) is 14.0 Å². The van der Waals surface area contributed by atoms with Gasteiger partial charge in [0, 0.05) is 34.9 Å². The van der Waals surface area contributed by atoms with Gasteiger partial charge in [0.05, 0.1) is 47.0 Å². The van der Waals surface area contributed by atoms with Crippen molar-refractivity contribution in [3.63, 3.8) is 0 Å². The number of nitrogens with zero attached hydrogens (tertiary/aromatic N) is 4. The van der Waals surface area contributed by atoms with Crippen LogP contribution < -0.4 is 9.30 Å². The summed E-state index contributed by atoms with van der Waals surface area (Å²) in [7, 11) is 0. The predicted octanol–water partition coefficient (Wildman–Crippen LogP) is 12.1. The van der Waals surface area contributed by atoms with Gasteiger partial charge in [0.15, 0.2) is 0 Å². The van der Waals surface area contributed by atoms with Crippen molar-refractivity contribution in [3.05, 3.63) is 188 Å². The van der Waals surface area contributed by atoms with E-state index in [1.165, 1.54) is 10.1 Å². The molecule has 0 amide bonds. The molecule has 5 nitrogen and oxygen atoms in total. The highest BCUT2D eigenvalue weighted by Gasteiger charge is 2.19. The standard InChI is InChI=1S/C50H38N4O/c1-50(2,3)36-18-12-19-37(28-36)54-46-23-11-10-20-43(46)44-26-24-39(29-47(44)54)55-40-25-27-45-48(30-40)53-33-52(32-38(53)31-51-45)49-41(34-14-6-4-7-15-34)21-13-22-42(49)35-16-8-5-9-17-35/h4-32H,1-3H3/i4D,5D,6D,7D,8D,9D,14D,15D,16D,17D. The quantitative estimate of drug-likeness (QED) is 0.127. The fraction of sp³-hybridized carbons (Fsp3) is 0.0800. The second-order valence-electron chi connectivity index (χ2n) is 14.4. The summed E-state index contributed by atoms with van der Waals surface area (Å²) in [6.45, 7) is 6.61. The van der Waals surface area contributed by atoms with Crippen LogP contribution in [0.25, 0.3) is 72.0 Å². The third kappa shape index (κ3) is 5.73. The monoisotopic (exact) mass is 720 g/mol. The molecule has 0 spiro atoms. The first kappa shape index (κ1) is 23.6. The lowest BCUT2D eigenvalue weighted by Crippen LogP contribution is -2.30. The smallest absolute Gasteiger partial charge is 0.269 e. The van der Waals surface area contributed by atoms with Gasteiger partial charge in [-0.1, -0.05) is 130 Å². The summed E-state index contributed by atoms with van der Waals surface area (Å²) in [6, 6.07) is 28.0. The molecule has 0 aliphatic heterocycles. The van der Waals surface area contributed by atoms with Crippen molar-refractivity contribution in [2.75, 3.05) is 0 Å². The number of aromatic nitrogens is 4. The van der Waals surface area contributed by atoms with Gasteiger partial charge < -0.3 is 9.30 Å². The fourth-order valence-corrected chi connectivity index (χ4v) is 7.29. The average molecular weight is 721 g/mol.